The van der Waals surface area contributed by atoms with Gasteiger partial charge in [-0.3, -0.25) is 9.69 Å². The van der Waals surface area contributed by atoms with Crippen LogP contribution in [-0.2, 0) is 4.74 Å². The van der Waals surface area contributed by atoms with E-state index in [0.29, 0.717) is 30.6 Å². The summed E-state index contributed by atoms with van der Waals surface area (Å²) in [6.45, 7) is 6.05. The number of benzene rings is 1. The van der Waals surface area contributed by atoms with Gasteiger partial charge in [-0.1, -0.05) is 12.1 Å². The normalized spacial score (nSPS) is 15.2. The van der Waals surface area contributed by atoms with Gasteiger partial charge in [-0.25, -0.2) is 4.79 Å². The number of carbonyl (C=O) groups excluding carboxylic acids is 2. The van der Waals surface area contributed by atoms with Gasteiger partial charge in [-0.15, -0.1) is 0 Å². The van der Waals surface area contributed by atoms with Crippen molar-refractivity contribution in [3.63, 3.8) is 0 Å². The van der Waals surface area contributed by atoms with Crippen LogP contribution >= 0.6 is 0 Å². The molecule has 0 aromatic heterocycles. The van der Waals surface area contributed by atoms with Crippen LogP contribution in [0, 0.1) is 6.92 Å². The molecule has 0 spiro atoms. The fourth-order valence-electron chi connectivity index (χ4n) is 2.34. The van der Waals surface area contributed by atoms with E-state index in [1.807, 2.05) is 39.0 Å². The summed E-state index contributed by atoms with van der Waals surface area (Å²) in [7, 11) is 0. The molecule has 1 aromatic rings. The van der Waals surface area contributed by atoms with Gasteiger partial charge < -0.3 is 4.74 Å². The first kappa shape index (κ1) is 13.6. The molecule has 0 saturated carbocycles. The zero-order chi connectivity index (χ0) is 14.0. The summed E-state index contributed by atoms with van der Waals surface area (Å²) in [5.41, 5.74) is 2.24. The van der Waals surface area contributed by atoms with E-state index in [1.165, 1.54) is 0 Å². The highest BCUT2D eigenvalue weighted by Gasteiger charge is 2.27. The fourth-order valence-corrected chi connectivity index (χ4v) is 2.34. The van der Waals surface area contributed by atoms with Crippen LogP contribution in [-0.4, -0.2) is 24.5 Å². The lowest BCUT2D eigenvalue weighted by molar-refractivity contribution is 0.0982. The first-order valence-electron chi connectivity index (χ1n) is 6.61. The highest BCUT2D eigenvalue weighted by atomic mass is 16.6. The molecule has 0 fully saturated rings. The Balaban J connectivity index is 2.42. The molecule has 0 aliphatic carbocycles. The lowest BCUT2D eigenvalue weighted by Crippen LogP contribution is -2.34. The lowest BCUT2D eigenvalue weighted by Gasteiger charge is -2.23. The summed E-state index contributed by atoms with van der Waals surface area (Å²) in [5, 5.41) is 0. The molecule has 1 aliphatic heterocycles. The minimum absolute atomic E-state index is 0.105. The third-order valence-electron chi connectivity index (χ3n) is 3.16. The van der Waals surface area contributed by atoms with E-state index in [1.54, 1.807) is 4.90 Å². The summed E-state index contributed by atoms with van der Waals surface area (Å²) in [4.78, 5) is 25.8. The van der Waals surface area contributed by atoms with Gasteiger partial charge in [0.25, 0.3) is 0 Å². The molecule has 0 saturated heterocycles. The molecule has 19 heavy (non-hydrogen) atoms. The van der Waals surface area contributed by atoms with Gasteiger partial charge in [0.1, 0.15) is 0 Å². The molecule has 1 heterocycles. The number of hydrogen-bond donors (Lipinski definition) is 0. The summed E-state index contributed by atoms with van der Waals surface area (Å²) in [6.07, 6.45) is 0.597. The molecule has 0 bridgehead atoms. The zero-order valence-corrected chi connectivity index (χ0v) is 11.6. The second kappa shape index (κ2) is 5.43. The number of ketones is 1. The average molecular weight is 261 g/mol. The Morgan fingerprint density at radius 3 is 2.79 bits per heavy atom. The van der Waals surface area contributed by atoms with Crippen molar-refractivity contribution in [3.05, 3.63) is 29.3 Å². The molecule has 4 heteroatoms. The summed E-state index contributed by atoms with van der Waals surface area (Å²) in [5.74, 6) is 0.105. The molecule has 0 unspecified atom stereocenters. The number of carbonyl (C=O) groups is 2. The number of Topliss-reactive ketones (excluding diaryl/α,β-unsaturated/α-hetero) is 1. The van der Waals surface area contributed by atoms with Crippen molar-refractivity contribution in [1.29, 1.82) is 0 Å². The molecule has 0 N–H and O–H groups in total. The average Bonchev–Trinajstić information content (AvgIpc) is 2.49. The predicted octanol–water partition coefficient (Wildman–Crippen LogP) is 3.32. The van der Waals surface area contributed by atoms with Crippen LogP contribution in [0.1, 0.15) is 42.6 Å². The third-order valence-corrected chi connectivity index (χ3v) is 3.16. The molecule has 0 radical (unpaired) electrons. The largest absolute Gasteiger partial charge is 0.446 e. The number of nitrogens with zero attached hydrogens (tertiary/aromatic N) is 1. The van der Waals surface area contributed by atoms with Crippen molar-refractivity contribution in [3.8, 4) is 0 Å². The number of anilines is 1. The number of amides is 1. The fraction of sp³-hybridized carbons (Fsp3) is 0.467. The maximum absolute atomic E-state index is 12.1. The quantitative estimate of drug-likeness (QED) is 0.779. The predicted molar refractivity (Wildman–Crippen MR) is 73.7 cm³/mol. The van der Waals surface area contributed by atoms with Crippen molar-refractivity contribution in [2.75, 3.05) is 11.4 Å². The minimum Gasteiger partial charge on any atom is -0.446 e. The first-order valence-corrected chi connectivity index (χ1v) is 6.61. The van der Waals surface area contributed by atoms with Crippen LogP contribution in [0.5, 0.6) is 0 Å². The topological polar surface area (TPSA) is 46.6 Å². The summed E-state index contributed by atoms with van der Waals surface area (Å²) in [6, 6.07) is 5.57. The van der Waals surface area contributed by atoms with E-state index in [4.69, 9.17) is 4.74 Å². The maximum Gasteiger partial charge on any atom is 0.414 e. The third kappa shape index (κ3) is 2.78. The molecule has 102 valence electrons. The Kier molecular flexibility index (Phi) is 3.88. The van der Waals surface area contributed by atoms with Crippen LogP contribution < -0.4 is 4.90 Å². The highest BCUT2D eigenvalue weighted by Crippen LogP contribution is 2.29. The monoisotopic (exact) mass is 261 g/mol. The van der Waals surface area contributed by atoms with Crippen LogP contribution in [0.25, 0.3) is 0 Å². The molecule has 2 rings (SSSR count). The van der Waals surface area contributed by atoms with Gasteiger partial charge in [0.05, 0.1) is 11.8 Å². The van der Waals surface area contributed by atoms with Crippen molar-refractivity contribution in [1.82, 2.24) is 0 Å². The van der Waals surface area contributed by atoms with Crippen molar-refractivity contribution >= 4 is 17.6 Å². The Labute approximate surface area is 113 Å². The van der Waals surface area contributed by atoms with E-state index >= 15 is 0 Å². The molecule has 4 nitrogen and oxygen atoms in total. The van der Waals surface area contributed by atoms with Gasteiger partial charge in [0, 0.05) is 18.5 Å². The van der Waals surface area contributed by atoms with Crippen LogP contribution in [0.3, 0.4) is 0 Å². The highest BCUT2D eigenvalue weighted by molar-refractivity contribution is 6.06. The number of rotatable bonds is 1. The van der Waals surface area contributed by atoms with E-state index < -0.39 is 0 Å². The van der Waals surface area contributed by atoms with Gasteiger partial charge in [-0.2, -0.15) is 0 Å². The Morgan fingerprint density at radius 2 is 2.11 bits per heavy atom. The smallest absolute Gasteiger partial charge is 0.414 e. The van der Waals surface area contributed by atoms with Crippen LogP contribution in [0.2, 0.25) is 0 Å². The second-order valence-electron chi connectivity index (χ2n) is 5.08. The summed E-state index contributed by atoms with van der Waals surface area (Å²) < 4.78 is 5.25. The molecule has 1 aromatic carbocycles. The van der Waals surface area contributed by atoms with Crippen molar-refractivity contribution in [2.24, 2.45) is 0 Å². The van der Waals surface area contributed by atoms with Crippen molar-refractivity contribution < 1.29 is 14.3 Å². The van der Waals surface area contributed by atoms with Gasteiger partial charge >= 0.3 is 6.09 Å². The molecular formula is C15H19NO3. The Bertz CT molecular complexity index is 508. The Hall–Kier alpha value is -1.84. The number of aryl methyl sites for hydroxylation is 1. The molecule has 0 atom stereocenters. The molecule has 1 amide bonds. The second-order valence-corrected chi connectivity index (χ2v) is 5.08. The minimum atomic E-state index is -0.378. The first-order chi connectivity index (χ1) is 9.00. The number of ether oxygens (including phenoxy) is 1. The van der Waals surface area contributed by atoms with E-state index in [-0.39, 0.29) is 18.0 Å². The number of fused-ring (bicyclic) bond motifs is 1. The maximum atomic E-state index is 12.1. The van der Waals surface area contributed by atoms with Gasteiger partial charge in [0.15, 0.2) is 5.78 Å². The van der Waals surface area contributed by atoms with E-state index in [9.17, 15) is 9.59 Å². The summed E-state index contributed by atoms with van der Waals surface area (Å²) >= 11 is 0. The molecule has 1 aliphatic rings. The number of hydrogen-bond acceptors (Lipinski definition) is 3. The van der Waals surface area contributed by atoms with Gasteiger partial charge in [-0.05, 0) is 38.8 Å². The SMILES string of the molecule is Cc1cccc2c1C(=O)CCCN2C(=O)OC(C)C. The van der Waals surface area contributed by atoms with Crippen LogP contribution in [0.15, 0.2) is 18.2 Å². The standard InChI is InChI=1S/C15H19NO3/c1-10(2)19-15(18)16-9-5-8-13(17)14-11(3)6-4-7-12(14)16/h4,6-7,10H,5,8-9H2,1-3H3. The Morgan fingerprint density at radius 1 is 1.37 bits per heavy atom. The van der Waals surface area contributed by atoms with Crippen molar-refractivity contribution in [2.45, 2.75) is 39.7 Å². The molecular weight excluding hydrogens is 242 g/mol. The van der Waals surface area contributed by atoms with Crippen LogP contribution in [0.4, 0.5) is 10.5 Å². The van der Waals surface area contributed by atoms with E-state index in [2.05, 4.69) is 0 Å². The van der Waals surface area contributed by atoms with Gasteiger partial charge in [0.2, 0.25) is 0 Å². The lowest BCUT2D eigenvalue weighted by atomic mass is 10.0. The van der Waals surface area contributed by atoms with E-state index in [0.717, 1.165) is 5.56 Å². The zero-order valence-electron chi connectivity index (χ0n) is 11.6.